The van der Waals surface area contributed by atoms with E-state index in [1.165, 1.54) is 61.0 Å². The number of aliphatic imine (C=N–C) groups is 5. The Kier molecular flexibility index (Phi) is 28.4. The van der Waals surface area contributed by atoms with Crippen LogP contribution in [-0.2, 0) is 6.18 Å². The van der Waals surface area contributed by atoms with Crippen molar-refractivity contribution in [1.82, 2.24) is 24.9 Å². The Labute approximate surface area is 658 Å². The highest BCUT2D eigenvalue weighted by atomic mass is 19.4. The Morgan fingerprint density at radius 1 is 0.301 bits per heavy atom. The molecule has 0 aliphatic carbocycles. The van der Waals surface area contributed by atoms with Crippen molar-refractivity contribution in [2.75, 3.05) is 0 Å². The number of benzene rings is 10. The van der Waals surface area contributed by atoms with E-state index in [1.807, 2.05) is 189 Å². The third-order valence-corrected chi connectivity index (χ3v) is 18.2. The van der Waals surface area contributed by atoms with E-state index >= 15 is 0 Å². The van der Waals surface area contributed by atoms with Gasteiger partial charge in [0.2, 0.25) is 0 Å². The molecule has 14 heteroatoms. The van der Waals surface area contributed by atoms with Gasteiger partial charge < -0.3 is 4.42 Å². The number of rotatable bonds is 19. The van der Waals surface area contributed by atoms with Crippen molar-refractivity contribution in [1.29, 1.82) is 0 Å². The molecular formula is C99H83F3N10O. The lowest BCUT2D eigenvalue weighted by atomic mass is 9.94. The van der Waals surface area contributed by atoms with Gasteiger partial charge in [0.15, 0.2) is 0 Å². The van der Waals surface area contributed by atoms with E-state index in [1.54, 1.807) is 74.8 Å². The van der Waals surface area contributed by atoms with Crippen LogP contribution < -0.4 is 0 Å². The SMILES string of the molecule is C(=NC(c1ccccc1)c1ccc2ccccc2c1)c1ccccn1.C(=NC(c1ccccc1)c1cccc2ccccc12)c1ccccn1.C(=NC(c1ccccc1)c1ccco1)c1ccccn1.Cc1cc(C(N=Cc2ccccn2)c2ccccc2)cc(C(F)(F)F)c1.Cc1ccccc1[C@H](C)N=Cc1ccccn1. The maximum Gasteiger partial charge on any atom is 0.416 e. The molecule has 10 aromatic carbocycles. The number of aryl methyl sites for hydroxylation is 2. The van der Waals surface area contributed by atoms with Crippen LogP contribution in [0.3, 0.4) is 0 Å². The normalized spacial score (nSPS) is 12.7. The number of alkyl halides is 3. The molecule has 0 saturated carbocycles. The summed E-state index contributed by atoms with van der Waals surface area (Å²) in [5.74, 6) is 0.823. The lowest BCUT2D eigenvalue weighted by Gasteiger charge is -2.17. The van der Waals surface area contributed by atoms with Crippen LogP contribution in [0, 0.1) is 13.8 Å². The molecule has 556 valence electrons. The Hall–Kier alpha value is -14.1. The van der Waals surface area contributed by atoms with Crippen LogP contribution >= 0.6 is 0 Å². The zero-order valence-electron chi connectivity index (χ0n) is 62.7. The first kappa shape index (κ1) is 78.5. The van der Waals surface area contributed by atoms with Crippen molar-refractivity contribution in [3.63, 3.8) is 0 Å². The minimum Gasteiger partial charge on any atom is -0.467 e. The second-order valence-corrected chi connectivity index (χ2v) is 26.3. The van der Waals surface area contributed by atoms with Gasteiger partial charge in [-0.05, 0) is 183 Å². The molecule has 5 atom stereocenters. The van der Waals surface area contributed by atoms with Gasteiger partial charge in [-0.25, -0.2) is 0 Å². The Balaban J connectivity index is 0.000000132. The van der Waals surface area contributed by atoms with Crippen LogP contribution in [0.2, 0.25) is 0 Å². The summed E-state index contributed by atoms with van der Waals surface area (Å²) in [6, 6.07) is 114. The molecule has 0 fully saturated rings. The molecule has 6 heterocycles. The summed E-state index contributed by atoms with van der Waals surface area (Å²) >= 11 is 0. The molecule has 0 spiro atoms. The zero-order valence-corrected chi connectivity index (χ0v) is 62.7. The van der Waals surface area contributed by atoms with Gasteiger partial charge in [-0.2, -0.15) is 13.2 Å². The first-order chi connectivity index (χ1) is 55.4. The largest absolute Gasteiger partial charge is 0.467 e. The number of halogens is 3. The summed E-state index contributed by atoms with van der Waals surface area (Å²) in [5, 5.41) is 4.94. The van der Waals surface area contributed by atoms with Gasteiger partial charge in [0.1, 0.15) is 29.9 Å². The highest BCUT2D eigenvalue weighted by Gasteiger charge is 2.32. The summed E-state index contributed by atoms with van der Waals surface area (Å²) in [4.78, 5) is 44.8. The van der Waals surface area contributed by atoms with Gasteiger partial charge in [-0.1, -0.05) is 266 Å². The quantitative estimate of drug-likeness (QED) is 0.0739. The van der Waals surface area contributed by atoms with Crippen molar-refractivity contribution in [2.24, 2.45) is 25.0 Å². The minimum absolute atomic E-state index is 0.0483. The Bertz CT molecular complexity index is 5660. The predicted molar refractivity (Wildman–Crippen MR) is 455 cm³/mol. The summed E-state index contributed by atoms with van der Waals surface area (Å²) in [7, 11) is 0. The third-order valence-electron chi connectivity index (χ3n) is 18.2. The van der Waals surface area contributed by atoms with Gasteiger partial charge in [0.05, 0.1) is 46.3 Å². The van der Waals surface area contributed by atoms with E-state index in [4.69, 9.17) is 14.4 Å². The van der Waals surface area contributed by atoms with E-state index in [0.717, 1.165) is 45.7 Å². The summed E-state index contributed by atoms with van der Waals surface area (Å²) < 4.78 is 45.2. The van der Waals surface area contributed by atoms with Gasteiger partial charge in [0, 0.05) is 62.1 Å². The topological polar surface area (TPSA) is 139 Å². The molecule has 0 N–H and O–H groups in total. The second-order valence-electron chi connectivity index (χ2n) is 26.3. The molecule has 0 aliphatic heterocycles. The summed E-state index contributed by atoms with van der Waals surface area (Å²) in [6.45, 7) is 5.87. The summed E-state index contributed by atoms with van der Waals surface area (Å²) in [5.41, 5.74) is 13.7. The fourth-order valence-electron chi connectivity index (χ4n) is 12.6. The summed E-state index contributed by atoms with van der Waals surface area (Å²) in [6.07, 6.45) is 14.9. The number of aromatic nitrogens is 5. The molecule has 11 nitrogen and oxygen atoms in total. The number of hydrogen-bond acceptors (Lipinski definition) is 11. The lowest BCUT2D eigenvalue weighted by molar-refractivity contribution is -0.137. The van der Waals surface area contributed by atoms with E-state index in [9.17, 15) is 13.2 Å². The first-order valence-electron chi connectivity index (χ1n) is 37.1. The highest BCUT2D eigenvalue weighted by Crippen LogP contribution is 2.37. The molecule has 0 amide bonds. The molecular weight excluding hydrogens is 1400 g/mol. The monoisotopic (exact) mass is 1480 g/mol. The molecule has 0 radical (unpaired) electrons. The molecule has 4 unspecified atom stereocenters. The van der Waals surface area contributed by atoms with Crippen LogP contribution in [0.25, 0.3) is 21.5 Å². The van der Waals surface area contributed by atoms with Gasteiger partial charge in [-0.3, -0.25) is 49.9 Å². The van der Waals surface area contributed by atoms with Crippen LogP contribution in [0.5, 0.6) is 0 Å². The van der Waals surface area contributed by atoms with Crippen LogP contribution in [0.1, 0.15) is 133 Å². The standard InChI is InChI=1S/2C23H18N2.C21H17F3N2.C17H14N2O.C15H16N2/c1-2-10-19(11-3-1)23(25-17-20-13-6-7-16-24-20)22-15-8-12-18-9-4-5-14-21(18)22;1-2-9-19(10-3-1)23(25-17-22-12-6-7-15-24-22)21-14-13-18-8-4-5-11-20(18)16-21;1-15-11-17(13-18(12-15)21(22,23)24)20(16-7-3-2-4-8-16)26-14-19-9-5-6-10-25-19;1-2-7-14(8-3-1)17(16-10-6-12-20-16)19-13-15-9-4-5-11-18-15;1-12-7-3-4-9-15(12)13(2)17-11-14-8-5-6-10-16-14/h2*1-17,23H;2-14,20H,1H3;1-13,17H;3-11,13H,1-2H3/t;;;;13-/m....0/s1. The van der Waals surface area contributed by atoms with Crippen molar-refractivity contribution in [3.8, 4) is 0 Å². The smallest absolute Gasteiger partial charge is 0.416 e. The number of fused-ring (bicyclic) bond motifs is 2. The fraction of sp³-hybridized carbons (Fsp3) is 0.0909. The number of nitrogens with zero attached hydrogens (tertiary/aromatic N) is 10. The number of furan rings is 1. The van der Waals surface area contributed by atoms with Crippen LogP contribution in [0.15, 0.2) is 418 Å². The predicted octanol–water partition coefficient (Wildman–Crippen LogP) is 24.0. The number of pyridine rings is 5. The van der Waals surface area contributed by atoms with Gasteiger partial charge >= 0.3 is 6.18 Å². The first-order valence-corrected chi connectivity index (χ1v) is 37.1. The molecule has 16 aromatic rings. The van der Waals surface area contributed by atoms with Crippen molar-refractivity contribution < 1.29 is 17.6 Å². The van der Waals surface area contributed by atoms with Gasteiger partial charge in [0.25, 0.3) is 0 Å². The highest BCUT2D eigenvalue weighted by molar-refractivity contribution is 5.88. The third kappa shape index (κ3) is 23.5. The average molecular weight is 1490 g/mol. The van der Waals surface area contributed by atoms with E-state index in [0.29, 0.717) is 16.8 Å². The molecule has 0 aliphatic rings. The Morgan fingerprint density at radius 3 is 1.16 bits per heavy atom. The van der Waals surface area contributed by atoms with E-state index in [2.05, 4.69) is 205 Å². The molecule has 16 rings (SSSR count). The van der Waals surface area contributed by atoms with Crippen LogP contribution in [0.4, 0.5) is 13.2 Å². The van der Waals surface area contributed by atoms with Crippen molar-refractivity contribution in [3.05, 3.63) is 485 Å². The Morgan fingerprint density at radius 2 is 0.690 bits per heavy atom. The van der Waals surface area contributed by atoms with E-state index in [-0.39, 0.29) is 24.2 Å². The van der Waals surface area contributed by atoms with Crippen molar-refractivity contribution in [2.45, 2.75) is 57.2 Å². The molecule has 0 bridgehead atoms. The minimum atomic E-state index is -4.40. The maximum absolute atomic E-state index is 13.2. The van der Waals surface area contributed by atoms with Crippen LogP contribution in [-0.4, -0.2) is 56.0 Å². The number of hydrogen-bond donors (Lipinski definition) is 0. The lowest BCUT2D eigenvalue weighted by Crippen LogP contribution is -2.08. The molecule has 6 aromatic heterocycles. The second kappa shape index (κ2) is 40.9. The van der Waals surface area contributed by atoms with E-state index < -0.39 is 17.8 Å². The molecule has 0 saturated heterocycles. The van der Waals surface area contributed by atoms with Gasteiger partial charge in [-0.15, -0.1) is 0 Å². The maximum atomic E-state index is 13.2. The molecule has 113 heavy (non-hydrogen) atoms. The zero-order chi connectivity index (χ0) is 78.1. The average Bonchev–Trinajstić information content (AvgIpc) is 1.03. The fourth-order valence-corrected chi connectivity index (χ4v) is 12.6. The van der Waals surface area contributed by atoms with Crippen molar-refractivity contribution >= 4 is 52.6 Å².